The third-order valence-electron chi connectivity index (χ3n) is 12.6. The van der Waals surface area contributed by atoms with Crippen LogP contribution in [0.25, 0.3) is 0 Å². The van der Waals surface area contributed by atoms with Crippen LogP contribution in [0, 0.1) is 40.4 Å². The Bertz CT molecular complexity index is 1310. The van der Waals surface area contributed by atoms with Crippen LogP contribution in [0.4, 0.5) is 0 Å². The highest BCUT2D eigenvalue weighted by atomic mass is 16.7. The predicted octanol–water partition coefficient (Wildman–Crippen LogP) is 3.86. The van der Waals surface area contributed by atoms with Crippen molar-refractivity contribution in [2.45, 2.75) is 136 Å². The number of ketones is 1. The molecule has 4 aliphatic carbocycles. The quantitative estimate of drug-likeness (QED) is 0.253. The summed E-state index contributed by atoms with van der Waals surface area (Å²) < 4.78 is 38.5. The molecule has 49 heavy (non-hydrogen) atoms. The van der Waals surface area contributed by atoms with E-state index in [4.69, 9.17) is 33.2 Å². The van der Waals surface area contributed by atoms with Crippen LogP contribution in [0.2, 0.25) is 0 Å². The Morgan fingerprint density at radius 2 is 1.27 bits per heavy atom. The van der Waals surface area contributed by atoms with Crippen molar-refractivity contribution in [3.8, 4) is 0 Å². The van der Waals surface area contributed by atoms with Crippen molar-refractivity contribution in [3.05, 3.63) is 0 Å². The zero-order valence-corrected chi connectivity index (χ0v) is 29.7. The van der Waals surface area contributed by atoms with Crippen molar-refractivity contribution >= 4 is 35.6 Å². The number of Topliss-reactive ketones (excluding diaryl/α,β-unsaturated/α-hetero) is 1. The summed E-state index contributed by atoms with van der Waals surface area (Å²) in [5.74, 6) is -1.88. The summed E-state index contributed by atoms with van der Waals surface area (Å²) in [6.45, 7) is 9.12. The minimum atomic E-state index is -1.59. The molecule has 5 fully saturated rings. The van der Waals surface area contributed by atoms with Crippen LogP contribution >= 0.6 is 0 Å². The fourth-order valence-electron chi connectivity index (χ4n) is 10.6. The maximum atomic E-state index is 14.0. The minimum Gasteiger partial charge on any atom is -0.467 e. The molecule has 1 heterocycles. The van der Waals surface area contributed by atoms with E-state index in [1.165, 1.54) is 6.92 Å². The zero-order chi connectivity index (χ0) is 35.8. The van der Waals surface area contributed by atoms with E-state index in [0.29, 0.717) is 23.7 Å². The van der Waals surface area contributed by atoms with Gasteiger partial charge in [0, 0.05) is 33.6 Å². The highest BCUT2D eigenvalue weighted by molar-refractivity contribution is 5.83. The molecule has 1 aliphatic heterocycles. The number of carbonyl (C=O) groups is 6. The Morgan fingerprint density at radius 3 is 1.90 bits per heavy atom. The van der Waals surface area contributed by atoms with Gasteiger partial charge in [-0.05, 0) is 92.3 Å². The Morgan fingerprint density at radius 1 is 0.673 bits per heavy atom. The first-order valence-electron chi connectivity index (χ1n) is 17.7. The average molecular weight is 693 g/mol. The van der Waals surface area contributed by atoms with Gasteiger partial charge in [0.05, 0.1) is 7.11 Å². The highest BCUT2D eigenvalue weighted by Gasteiger charge is 2.62. The van der Waals surface area contributed by atoms with Crippen LogP contribution in [0.5, 0.6) is 0 Å². The lowest BCUT2D eigenvalue weighted by Gasteiger charge is -2.61. The minimum absolute atomic E-state index is 0.00259. The predicted molar refractivity (Wildman–Crippen MR) is 169 cm³/mol. The van der Waals surface area contributed by atoms with Gasteiger partial charge in [-0.3, -0.25) is 24.0 Å². The third-order valence-corrected chi connectivity index (χ3v) is 12.6. The van der Waals surface area contributed by atoms with Gasteiger partial charge in [0.1, 0.15) is 12.7 Å². The number of rotatable bonds is 9. The van der Waals surface area contributed by atoms with Crippen molar-refractivity contribution < 1.29 is 61.9 Å². The molecular weight excluding hydrogens is 640 g/mol. The number of hydrogen-bond donors (Lipinski definition) is 0. The van der Waals surface area contributed by atoms with E-state index >= 15 is 0 Å². The standard InChI is InChI=1S/C36H52O13/c1-18(37)45-23-12-14-35(5)22(16-23)8-9-24-25-10-11-27(36(25,6)15-13-26(24)35)28(41)17-44-34-32(48-21(4)40)30(47-20(3)39)29(46-19(2)38)31(49-34)33(42)43-7/h22-27,29-32,34H,8-17H2,1-7H3/t22?,23-,24?,25?,26?,27?,29-,30-,31?,32+,34+,35?,36?/m1/s1. The summed E-state index contributed by atoms with van der Waals surface area (Å²) in [5, 5.41) is 0. The molecule has 0 aromatic rings. The van der Waals surface area contributed by atoms with E-state index in [1.807, 2.05) is 0 Å². The second-order valence-corrected chi connectivity index (χ2v) is 15.3. The van der Waals surface area contributed by atoms with Gasteiger partial charge in [0.25, 0.3) is 0 Å². The van der Waals surface area contributed by atoms with Crippen molar-refractivity contribution in [1.82, 2.24) is 0 Å². The van der Waals surface area contributed by atoms with Gasteiger partial charge in [-0.1, -0.05) is 13.8 Å². The number of hydrogen-bond acceptors (Lipinski definition) is 13. The number of carbonyl (C=O) groups excluding carboxylic acids is 6. The Kier molecular flexibility index (Phi) is 11.1. The Hall–Kier alpha value is -3.06. The first-order chi connectivity index (χ1) is 23.1. The van der Waals surface area contributed by atoms with E-state index in [9.17, 15) is 28.8 Å². The van der Waals surface area contributed by atoms with Crippen molar-refractivity contribution in [1.29, 1.82) is 0 Å². The molecule has 0 bridgehead atoms. The summed E-state index contributed by atoms with van der Waals surface area (Å²) in [7, 11) is 1.11. The van der Waals surface area contributed by atoms with Crippen molar-refractivity contribution in [2.24, 2.45) is 40.4 Å². The Balaban J connectivity index is 1.30. The van der Waals surface area contributed by atoms with Gasteiger partial charge in [-0.15, -0.1) is 0 Å². The van der Waals surface area contributed by atoms with Crippen LogP contribution in [0.1, 0.15) is 99.3 Å². The lowest BCUT2D eigenvalue weighted by atomic mass is 9.44. The molecule has 5 rings (SSSR count). The van der Waals surface area contributed by atoms with E-state index in [-0.39, 0.29) is 41.2 Å². The van der Waals surface area contributed by atoms with Crippen molar-refractivity contribution in [3.63, 3.8) is 0 Å². The van der Waals surface area contributed by atoms with Gasteiger partial charge < -0.3 is 33.2 Å². The lowest BCUT2D eigenvalue weighted by molar-refractivity contribution is -0.300. The molecule has 0 aromatic heterocycles. The number of esters is 5. The smallest absolute Gasteiger partial charge is 0.339 e. The van der Waals surface area contributed by atoms with Crippen LogP contribution in [0.15, 0.2) is 0 Å². The second kappa shape index (κ2) is 14.7. The van der Waals surface area contributed by atoms with Crippen molar-refractivity contribution in [2.75, 3.05) is 13.7 Å². The fraction of sp³-hybridized carbons (Fsp3) is 0.833. The van der Waals surface area contributed by atoms with Gasteiger partial charge in [-0.2, -0.15) is 0 Å². The number of fused-ring (bicyclic) bond motifs is 5. The van der Waals surface area contributed by atoms with E-state index in [1.54, 1.807) is 0 Å². The second-order valence-electron chi connectivity index (χ2n) is 15.3. The number of ether oxygens (including phenoxy) is 7. The molecule has 13 heteroatoms. The average Bonchev–Trinajstić information content (AvgIpc) is 3.38. The normalized spacial score (nSPS) is 41.2. The molecule has 1 saturated heterocycles. The van der Waals surface area contributed by atoms with Gasteiger partial charge in [0.2, 0.25) is 0 Å². The van der Waals surface area contributed by atoms with Gasteiger partial charge in [0.15, 0.2) is 36.5 Å². The first-order valence-corrected chi connectivity index (χ1v) is 17.7. The molecule has 274 valence electrons. The maximum Gasteiger partial charge on any atom is 0.339 e. The SMILES string of the molecule is COC(=O)C1O[C@H](OCC(=O)C2CCC3C4CCC5C[C@H](OC(C)=O)CCC5(C)C4CCC23C)[C@@H](OC(C)=O)[C@H](OC(C)=O)[C@H]1OC(C)=O. The van der Waals surface area contributed by atoms with Crippen LogP contribution in [-0.2, 0) is 61.9 Å². The summed E-state index contributed by atoms with van der Waals surface area (Å²) in [4.78, 5) is 74.7. The molecule has 13 nitrogen and oxygen atoms in total. The highest BCUT2D eigenvalue weighted by Crippen LogP contribution is 2.67. The summed E-state index contributed by atoms with van der Waals surface area (Å²) >= 11 is 0. The molecule has 5 aliphatic rings. The summed E-state index contributed by atoms with van der Waals surface area (Å²) in [6, 6.07) is 0. The molecule has 0 N–H and O–H groups in total. The first kappa shape index (κ1) is 37.2. The van der Waals surface area contributed by atoms with Crippen LogP contribution in [0.3, 0.4) is 0 Å². The van der Waals surface area contributed by atoms with Crippen LogP contribution in [-0.4, -0.2) is 86.2 Å². The molecule has 4 saturated carbocycles. The van der Waals surface area contributed by atoms with E-state index in [0.717, 1.165) is 85.7 Å². The summed E-state index contributed by atoms with van der Waals surface area (Å²) in [5.41, 5.74) is -0.0213. The molecule has 0 spiro atoms. The number of methoxy groups -OCH3 is 1. The molecule has 0 aromatic carbocycles. The monoisotopic (exact) mass is 692 g/mol. The Labute approximate surface area is 287 Å². The lowest BCUT2D eigenvalue weighted by Crippen LogP contribution is -2.64. The molecule has 0 amide bonds. The largest absolute Gasteiger partial charge is 0.467 e. The summed E-state index contributed by atoms with van der Waals surface area (Å²) in [6.07, 6.45) is 1.17. The van der Waals surface area contributed by atoms with E-state index in [2.05, 4.69) is 13.8 Å². The maximum absolute atomic E-state index is 14.0. The molecule has 8 unspecified atom stereocenters. The third kappa shape index (κ3) is 7.38. The molecule has 0 radical (unpaired) electrons. The van der Waals surface area contributed by atoms with Crippen LogP contribution < -0.4 is 0 Å². The topological polar surface area (TPSA) is 167 Å². The fourth-order valence-corrected chi connectivity index (χ4v) is 10.6. The molecule has 13 atom stereocenters. The van der Waals surface area contributed by atoms with E-state index < -0.39 is 54.6 Å². The van der Waals surface area contributed by atoms with Gasteiger partial charge in [-0.25, -0.2) is 4.79 Å². The van der Waals surface area contributed by atoms with Gasteiger partial charge >= 0.3 is 29.8 Å². The molecular formula is C36H52O13. The zero-order valence-electron chi connectivity index (χ0n) is 29.7.